The van der Waals surface area contributed by atoms with Gasteiger partial charge in [-0.1, -0.05) is 78.8 Å². The maximum Gasteiger partial charge on any atom is 0.123 e. The molecule has 0 N–H and O–H groups in total. The zero-order chi connectivity index (χ0) is 28.1. The lowest BCUT2D eigenvalue weighted by atomic mass is 9.92. The van der Waals surface area contributed by atoms with Gasteiger partial charge in [0.1, 0.15) is 11.6 Å². The second-order valence-electron chi connectivity index (χ2n) is 9.55. The van der Waals surface area contributed by atoms with E-state index in [1.165, 1.54) is 29.7 Å². The molecule has 0 atom stereocenters. The first kappa shape index (κ1) is 21.0. The normalized spacial score (nSPS) is 13.0. The Balaban J connectivity index is 1.31. The van der Waals surface area contributed by atoms with Crippen LogP contribution in [-0.2, 0) is 0 Å². The van der Waals surface area contributed by atoms with E-state index in [1.54, 1.807) is 24.3 Å². The Kier molecular flexibility index (Phi) is 5.04. The van der Waals surface area contributed by atoms with E-state index in [0.717, 1.165) is 32.6 Å². The summed E-state index contributed by atoms with van der Waals surface area (Å²) in [5.41, 5.74) is 3.49. The smallest absolute Gasteiger partial charge is 0.123 e. The molecule has 0 bridgehead atoms. The molecule has 0 aliphatic carbocycles. The van der Waals surface area contributed by atoms with Crippen molar-refractivity contribution in [3.8, 4) is 0 Å². The quantitative estimate of drug-likeness (QED) is 0.165. The molecule has 0 aromatic heterocycles. The third-order valence-corrected chi connectivity index (χ3v) is 7.17. The molecule has 7 aromatic rings. The molecule has 1 nitrogen and oxygen atoms in total. The van der Waals surface area contributed by atoms with Gasteiger partial charge in [-0.05, 0) is 104 Å². The first-order valence-corrected chi connectivity index (χ1v) is 12.7. The van der Waals surface area contributed by atoms with E-state index in [9.17, 15) is 8.78 Å². The highest BCUT2D eigenvalue weighted by Gasteiger charge is 2.13. The van der Waals surface area contributed by atoms with E-state index < -0.39 is 0 Å². The molecule has 0 radical (unpaired) electrons. The number of anilines is 3. The number of hydrogen-bond donors (Lipinski definition) is 0. The lowest BCUT2D eigenvalue weighted by molar-refractivity contribution is 0.628. The van der Waals surface area contributed by atoms with Crippen LogP contribution in [0.1, 0.15) is 13.9 Å². The first-order chi connectivity index (χ1) is 20.0. The minimum Gasteiger partial charge on any atom is -0.310 e. The summed E-state index contributed by atoms with van der Waals surface area (Å²) in [6, 6.07) is 38.3. The van der Waals surface area contributed by atoms with Crippen molar-refractivity contribution in [1.82, 2.24) is 0 Å². The maximum atomic E-state index is 13.7. The zero-order valence-electron chi connectivity index (χ0n) is 22.8. The van der Waals surface area contributed by atoms with Gasteiger partial charge < -0.3 is 4.90 Å². The molecule has 0 aliphatic rings. The molecular formula is C36H23F2N. The van der Waals surface area contributed by atoms with E-state index in [1.807, 2.05) is 47.4 Å². The van der Waals surface area contributed by atoms with Crippen LogP contribution in [-0.4, -0.2) is 0 Å². The van der Waals surface area contributed by atoms with E-state index >= 15 is 0 Å². The predicted molar refractivity (Wildman–Crippen MR) is 160 cm³/mol. The summed E-state index contributed by atoms with van der Waals surface area (Å²) in [7, 11) is 0. The molecule has 0 fully saturated rings. The van der Waals surface area contributed by atoms with Gasteiger partial charge in [0.2, 0.25) is 0 Å². The lowest BCUT2D eigenvalue weighted by Crippen LogP contribution is -2.09. The number of rotatable bonds is 5. The van der Waals surface area contributed by atoms with Crippen molar-refractivity contribution in [1.29, 1.82) is 0 Å². The van der Waals surface area contributed by atoms with Crippen LogP contribution in [0.25, 0.3) is 44.4 Å². The van der Waals surface area contributed by atoms with Gasteiger partial charge in [-0.25, -0.2) is 8.78 Å². The van der Waals surface area contributed by atoms with Gasteiger partial charge in [0.15, 0.2) is 0 Å². The Hall–Kier alpha value is -5.02. The Morgan fingerprint density at radius 2 is 0.974 bits per heavy atom. The van der Waals surface area contributed by atoms with Crippen molar-refractivity contribution in [3.05, 3.63) is 150 Å². The highest BCUT2D eigenvalue weighted by molar-refractivity contribution is 6.24. The molecule has 0 unspecified atom stereocenters. The second-order valence-corrected chi connectivity index (χ2v) is 9.55. The molecule has 0 amide bonds. The molecule has 0 spiro atoms. The van der Waals surface area contributed by atoms with Gasteiger partial charge in [-0.15, -0.1) is 0 Å². The summed E-state index contributed by atoms with van der Waals surface area (Å²) in [5.74, 6) is -0.691. The van der Waals surface area contributed by atoms with Crippen LogP contribution in [0.3, 0.4) is 0 Å². The highest BCUT2D eigenvalue weighted by Crippen LogP contribution is 2.37. The van der Waals surface area contributed by atoms with E-state index in [4.69, 9.17) is 2.74 Å². The monoisotopic (exact) mass is 509 g/mol. The molecule has 3 heteroatoms. The molecular weight excluding hydrogens is 484 g/mol. The number of benzene rings is 7. The van der Waals surface area contributed by atoms with E-state index in [2.05, 4.69) is 36.4 Å². The van der Waals surface area contributed by atoms with E-state index in [-0.39, 0.29) is 23.7 Å². The minimum atomic E-state index is -0.345. The average molecular weight is 510 g/mol. The van der Waals surface area contributed by atoms with Crippen molar-refractivity contribution in [3.63, 3.8) is 0 Å². The lowest BCUT2D eigenvalue weighted by Gasteiger charge is -2.25. The maximum absolute atomic E-state index is 13.7. The molecule has 186 valence electrons. The fraction of sp³-hybridized carbons (Fsp3) is 0. The Morgan fingerprint density at radius 3 is 1.56 bits per heavy atom. The Labute approximate surface area is 228 Å². The molecule has 0 saturated heterocycles. The van der Waals surface area contributed by atoms with Crippen molar-refractivity contribution in [2.45, 2.75) is 0 Å². The topological polar surface area (TPSA) is 3.24 Å². The summed E-state index contributed by atoms with van der Waals surface area (Å²) in [6.07, 6.45) is 0. The van der Waals surface area contributed by atoms with Crippen molar-refractivity contribution in [2.24, 2.45) is 0 Å². The van der Waals surface area contributed by atoms with Gasteiger partial charge in [0.05, 0.1) is 2.74 Å². The van der Waals surface area contributed by atoms with Gasteiger partial charge in [0, 0.05) is 17.1 Å². The molecule has 0 saturated carbocycles. The van der Waals surface area contributed by atoms with Crippen molar-refractivity contribution >= 4 is 61.5 Å². The Bertz CT molecular complexity index is 2000. The SMILES string of the molecule is [2H]/C(=C(/[2H])c1ccc2ccc3cccc4ccc1c2c34)c1ccc(N(c2ccc(F)cc2)c2ccc(F)cc2)cc1. The van der Waals surface area contributed by atoms with E-state index in [0.29, 0.717) is 22.5 Å². The number of halogens is 2. The standard InChI is InChI=1S/C36H23F2N/c37-29-13-19-32(20-14-29)39(33-21-15-30(38)16-22-33)31-17-5-24(6-18-31)4-7-25-8-9-28-11-10-26-2-1-3-27-12-23-34(25)36(28)35(26)27/h1-23H/b7-4+/i4D,7D. The summed E-state index contributed by atoms with van der Waals surface area (Å²) in [4.78, 5) is 1.89. The fourth-order valence-electron chi connectivity index (χ4n) is 5.31. The summed E-state index contributed by atoms with van der Waals surface area (Å²) >= 11 is 0. The van der Waals surface area contributed by atoms with Crippen LogP contribution in [0.5, 0.6) is 0 Å². The van der Waals surface area contributed by atoms with Crippen LogP contribution >= 0.6 is 0 Å². The molecule has 0 heterocycles. The molecule has 39 heavy (non-hydrogen) atoms. The third-order valence-electron chi connectivity index (χ3n) is 7.17. The molecule has 7 aromatic carbocycles. The van der Waals surface area contributed by atoms with Gasteiger partial charge in [-0.2, -0.15) is 0 Å². The summed E-state index contributed by atoms with van der Waals surface area (Å²) in [5, 5.41) is 6.66. The summed E-state index contributed by atoms with van der Waals surface area (Å²) < 4.78 is 45.3. The van der Waals surface area contributed by atoms with Gasteiger partial charge in [0.25, 0.3) is 0 Å². The van der Waals surface area contributed by atoms with Crippen LogP contribution in [0.15, 0.2) is 127 Å². The fourth-order valence-corrected chi connectivity index (χ4v) is 5.31. The van der Waals surface area contributed by atoms with Crippen molar-refractivity contribution in [2.75, 3.05) is 4.90 Å². The predicted octanol–water partition coefficient (Wildman–Crippen LogP) is 10.5. The van der Waals surface area contributed by atoms with Crippen LogP contribution in [0.2, 0.25) is 0 Å². The van der Waals surface area contributed by atoms with Crippen LogP contribution < -0.4 is 4.90 Å². The second kappa shape index (κ2) is 9.38. The van der Waals surface area contributed by atoms with Crippen molar-refractivity contribution < 1.29 is 11.5 Å². The zero-order valence-corrected chi connectivity index (χ0v) is 20.8. The Morgan fingerprint density at radius 1 is 0.487 bits per heavy atom. The molecule has 7 rings (SSSR count). The highest BCUT2D eigenvalue weighted by atomic mass is 19.1. The number of nitrogens with zero attached hydrogens (tertiary/aromatic N) is 1. The third kappa shape index (κ3) is 4.18. The minimum absolute atomic E-state index is 0.113. The largest absolute Gasteiger partial charge is 0.310 e. The van der Waals surface area contributed by atoms with Gasteiger partial charge >= 0.3 is 0 Å². The molecule has 0 aliphatic heterocycles. The van der Waals surface area contributed by atoms with Gasteiger partial charge in [-0.3, -0.25) is 0 Å². The summed E-state index contributed by atoms with van der Waals surface area (Å²) in [6.45, 7) is 0. The first-order valence-electron chi connectivity index (χ1n) is 13.7. The average Bonchev–Trinajstić information content (AvgIpc) is 3.01. The van der Waals surface area contributed by atoms with Crippen LogP contribution in [0.4, 0.5) is 25.8 Å². The van der Waals surface area contributed by atoms with Crippen LogP contribution in [0, 0.1) is 11.6 Å². The number of hydrogen-bond acceptors (Lipinski definition) is 1.